The Morgan fingerprint density at radius 1 is 1.07 bits per heavy atom. The summed E-state index contributed by atoms with van der Waals surface area (Å²) < 4.78 is 13.3. The molecular formula is C33H35N7O3. The van der Waals surface area contributed by atoms with Crippen LogP contribution >= 0.6 is 0 Å². The first-order valence-electron chi connectivity index (χ1n) is 15.2. The SMILES string of the molecule is COc1ccc(CN2C3CC2CN(c2ccc(-c4cc(OCC56CC(CO)C(C5)C6)cn5ncc(C#N)c45)cn2)C3)cn1. The summed E-state index contributed by atoms with van der Waals surface area (Å²) in [4.78, 5) is 14.2. The Hall–Kier alpha value is -4.20. The van der Waals surface area contributed by atoms with Crippen molar-refractivity contribution >= 4 is 11.3 Å². The maximum absolute atomic E-state index is 9.79. The number of aromatic nitrogens is 4. The van der Waals surface area contributed by atoms with Gasteiger partial charge in [-0.2, -0.15) is 10.4 Å². The number of fused-ring (bicyclic) bond motifs is 4. The van der Waals surface area contributed by atoms with Crippen LogP contribution < -0.4 is 14.4 Å². The average molecular weight is 578 g/mol. The molecule has 220 valence electrons. The van der Waals surface area contributed by atoms with Gasteiger partial charge in [0, 0.05) is 73.3 Å². The fraction of sp³-hybridized carbons (Fsp3) is 0.455. The largest absolute Gasteiger partial charge is 0.491 e. The minimum absolute atomic E-state index is 0.175. The van der Waals surface area contributed by atoms with Crippen LogP contribution in [0.15, 0.2) is 55.1 Å². The van der Waals surface area contributed by atoms with Crippen molar-refractivity contribution in [1.82, 2.24) is 24.5 Å². The van der Waals surface area contributed by atoms with E-state index in [0.29, 0.717) is 42.0 Å². The van der Waals surface area contributed by atoms with E-state index in [1.807, 2.05) is 30.7 Å². The summed E-state index contributed by atoms with van der Waals surface area (Å²) in [6.07, 6.45) is 11.8. The number of pyridine rings is 3. The highest BCUT2D eigenvalue weighted by atomic mass is 16.5. The first-order chi connectivity index (χ1) is 21.0. The van der Waals surface area contributed by atoms with E-state index in [1.54, 1.807) is 17.8 Å². The maximum atomic E-state index is 9.79. The van der Waals surface area contributed by atoms with Gasteiger partial charge in [0.25, 0.3) is 0 Å². The van der Waals surface area contributed by atoms with Gasteiger partial charge in [0.1, 0.15) is 17.6 Å². The number of aliphatic hydroxyl groups is 1. The monoisotopic (exact) mass is 577 g/mol. The van der Waals surface area contributed by atoms with Gasteiger partial charge in [-0.3, -0.25) is 4.90 Å². The number of anilines is 1. The molecule has 0 radical (unpaired) electrons. The van der Waals surface area contributed by atoms with Crippen molar-refractivity contribution in [2.75, 3.05) is 38.3 Å². The summed E-state index contributed by atoms with van der Waals surface area (Å²) in [6, 6.07) is 13.5. The second kappa shape index (κ2) is 10.2. The van der Waals surface area contributed by atoms with E-state index in [9.17, 15) is 10.4 Å². The van der Waals surface area contributed by atoms with Gasteiger partial charge in [0.15, 0.2) is 0 Å². The molecule has 0 aromatic carbocycles. The lowest BCUT2D eigenvalue weighted by Gasteiger charge is -2.56. The third kappa shape index (κ3) is 4.50. The van der Waals surface area contributed by atoms with Crippen molar-refractivity contribution in [2.24, 2.45) is 17.3 Å². The van der Waals surface area contributed by atoms with Crippen LogP contribution in [0.2, 0.25) is 0 Å². The van der Waals surface area contributed by atoms with Crippen molar-refractivity contribution < 1.29 is 14.6 Å². The van der Waals surface area contributed by atoms with Gasteiger partial charge in [0.2, 0.25) is 5.88 Å². The maximum Gasteiger partial charge on any atom is 0.212 e. The molecule has 3 saturated carbocycles. The average Bonchev–Trinajstić information content (AvgIpc) is 3.74. The van der Waals surface area contributed by atoms with Crippen molar-refractivity contribution in [1.29, 1.82) is 5.26 Å². The Morgan fingerprint density at radius 3 is 2.60 bits per heavy atom. The van der Waals surface area contributed by atoms with E-state index in [4.69, 9.17) is 14.5 Å². The quantitative estimate of drug-likeness (QED) is 0.316. The molecule has 7 heterocycles. The number of hydrogen-bond acceptors (Lipinski definition) is 9. The van der Waals surface area contributed by atoms with Crippen molar-refractivity contribution in [3.8, 4) is 28.8 Å². The van der Waals surface area contributed by atoms with Crippen molar-refractivity contribution in [3.05, 3.63) is 66.2 Å². The lowest BCUT2D eigenvalue weighted by Crippen LogP contribution is -2.68. The summed E-state index contributed by atoms with van der Waals surface area (Å²) in [5.41, 5.74) is 4.47. The Bertz CT molecular complexity index is 1680. The van der Waals surface area contributed by atoms with Crippen LogP contribution in [0.4, 0.5) is 5.82 Å². The predicted octanol–water partition coefficient (Wildman–Crippen LogP) is 3.92. The first kappa shape index (κ1) is 26.4. The summed E-state index contributed by atoms with van der Waals surface area (Å²) in [7, 11) is 1.64. The van der Waals surface area contributed by atoms with Crippen molar-refractivity contribution in [3.63, 3.8) is 0 Å². The molecule has 3 aliphatic carbocycles. The second-order valence-corrected chi connectivity index (χ2v) is 12.9. The van der Waals surface area contributed by atoms with Crippen LogP contribution in [0.5, 0.6) is 11.6 Å². The van der Waals surface area contributed by atoms with Gasteiger partial charge in [-0.25, -0.2) is 14.5 Å². The predicted molar refractivity (Wildman–Crippen MR) is 160 cm³/mol. The van der Waals surface area contributed by atoms with Crippen LogP contribution in [0.25, 0.3) is 16.6 Å². The number of ether oxygens (including phenoxy) is 2. The van der Waals surface area contributed by atoms with Crippen LogP contribution in [0.3, 0.4) is 0 Å². The summed E-state index contributed by atoms with van der Waals surface area (Å²) in [5, 5.41) is 23.9. The topological polar surface area (TPSA) is 112 Å². The molecule has 10 heteroatoms. The molecular weight excluding hydrogens is 542 g/mol. The lowest BCUT2D eigenvalue weighted by atomic mass is 9.70. The third-order valence-electron chi connectivity index (χ3n) is 10.3. The smallest absolute Gasteiger partial charge is 0.212 e. The highest BCUT2D eigenvalue weighted by Crippen LogP contribution is 2.61. The van der Waals surface area contributed by atoms with Gasteiger partial charge >= 0.3 is 0 Å². The van der Waals surface area contributed by atoms with Crippen LogP contribution in [0, 0.1) is 28.6 Å². The molecule has 10 nitrogen and oxygen atoms in total. The number of nitriles is 1. The van der Waals surface area contributed by atoms with Crippen LogP contribution in [-0.2, 0) is 6.54 Å². The van der Waals surface area contributed by atoms with Gasteiger partial charge in [-0.05, 0) is 61.3 Å². The molecule has 6 aliphatic rings. The molecule has 10 rings (SSSR count). The molecule has 3 aliphatic heterocycles. The van der Waals surface area contributed by atoms with Gasteiger partial charge in [-0.1, -0.05) is 6.07 Å². The van der Waals surface area contributed by atoms with E-state index in [1.165, 1.54) is 12.0 Å². The Morgan fingerprint density at radius 2 is 1.93 bits per heavy atom. The number of piperazine rings is 1. The Balaban J connectivity index is 0.985. The second-order valence-electron chi connectivity index (χ2n) is 12.9. The van der Waals surface area contributed by atoms with E-state index in [0.717, 1.165) is 67.1 Å². The zero-order valence-electron chi connectivity index (χ0n) is 24.3. The van der Waals surface area contributed by atoms with Crippen LogP contribution in [-0.4, -0.2) is 75.1 Å². The molecule has 3 atom stereocenters. The lowest BCUT2D eigenvalue weighted by molar-refractivity contribution is -0.00876. The minimum Gasteiger partial charge on any atom is -0.491 e. The molecule has 43 heavy (non-hydrogen) atoms. The van der Waals surface area contributed by atoms with E-state index < -0.39 is 0 Å². The normalized spacial score (nSPS) is 27.4. The zero-order valence-corrected chi connectivity index (χ0v) is 24.3. The molecule has 4 aromatic rings. The third-order valence-corrected chi connectivity index (χ3v) is 10.3. The number of aliphatic hydroxyl groups excluding tert-OH is 1. The molecule has 4 bridgehead atoms. The van der Waals surface area contributed by atoms with E-state index in [-0.39, 0.29) is 12.0 Å². The van der Waals surface area contributed by atoms with Gasteiger partial charge in [0.05, 0.1) is 37.2 Å². The molecule has 1 N–H and O–H groups in total. The van der Waals surface area contributed by atoms with E-state index >= 15 is 0 Å². The van der Waals surface area contributed by atoms with Crippen molar-refractivity contribution in [2.45, 2.75) is 44.3 Å². The zero-order chi connectivity index (χ0) is 29.1. The molecule has 0 spiro atoms. The fourth-order valence-corrected chi connectivity index (χ4v) is 8.08. The highest BCUT2D eigenvalue weighted by molar-refractivity contribution is 5.85. The Labute approximate surface area is 250 Å². The fourth-order valence-electron chi connectivity index (χ4n) is 8.08. The first-order valence-corrected chi connectivity index (χ1v) is 15.2. The number of piperidine rings is 1. The number of nitrogens with zero attached hydrogens (tertiary/aromatic N) is 7. The number of methoxy groups -OCH3 is 1. The van der Waals surface area contributed by atoms with Gasteiger partial charge in [-0.15, -0.1) is 0 Å². The Kier molecular flexibility index (Phi) is 6.28. The molecule has 3 unspecified atom stereocenters. The highest BCUT2D eigenvalue weighted by Gasteiger charge is 2.56. The van der Waals surface area contributed by atoms with Gasteiger partial charge < -0.3 is 19.5 Å². The summed E-state index contributed by atoms with van der Waals surface area (Å²) in [6.45, 7) is 3.70. The molecule has 0 amide bonds. The molecule has 6 fully saturated rings. The summed E-state index contributed by atoms with van der Waals surface area (Å²) in [5.74, 6) is 3.39. The summed E-state index contributed by atoms with van der Waals surface area (Å²) >= 11 is 0. The van der Waals surface area contributed by atoms with Crippen LogP contribution in [0.1, 0.15) is 36.8 Å². The number of rotatable bonds is 9. The number of hydrogen-bond donors (Lipinski definition) is 1. The molecule has 4 aromatic heterocycles. The standard InChI is InChI=1S/C33H35N7O3/c1-42-31-5-2-21(12-36-31)15-39-26-6-27(39)17-38(16-26)30-4-3-22(13-35-30)29-7-28(18-40-32(29)25(11-34)14-37-40)43-20-33-8-23(9-33)24(10-33)19-41/h2-5,7,12-14,18,23-24,26-27,41H,6,8-10,15-17,19-20H2,1H3. The minimum atomic E-state index is 0.175. The molecule has 3 saturated heterocycles. The van der Waals surface area contributed by atoms with E-state index in [2.05, 4.69) is 44.2 Å².